The summed E-state index contributed by atoms with van der Waals surface area (Å²) in [6.45, 7) is 1.79. The van der Waals surface area contributed by atoms with Gasteiger partial charge < -0.3 is 9.47 Å². The monoisotopic (exact) mass is 335 g/mol. The highest BCUT2D eigenvalue weighted by molar-refractivity contribution is 7.89. The van der Waals surface area contributed by atoms with E-state index in [2.05, 4.69) is 4.72 Å². The molecule has 0 fully saturated rings. The van der Waals surface area contributed by atoms with Crippen LogP contribution in [0, 0.1) is 0 Å². The molecule has 1 rings (SSSR count). The minimum absolute atomic E-state index is 0.0807. The van der Waals surface area contributed by atoms with Crippen LogP contribution >= 0.6 is 11.6 Å². The molecule has 1 N–H and O–H groups in total. The minimum atomic E-state index is -3.32. The number of nitrogens with one attached hydrogen (secondary N) is 1. The summed E-state index contributed by atoms with van der Waals surface area (Å²) in [5.41, 5.74) is 0.813. The third kappa shape index (κ3) is 5.73. The summed E-state index contributed by atoms with van der Waals surface area (Å²) in [5.74, 6) is 1.74. The first-order chi connectivity index (χ1) is 9.93. The number of rotatable bonds is 9. The third-order valence-electron chi connectivity index (χ3n) is 3.06. The maximum Gasteiger partial charge on any atom is 0.212 e. The number of alkyl halides is 1. The van der Waals surface area contributed by atoms with Crippen LogP contribution in [0.1, 0.15) is 31.4 Å². The zero-order valence-electron chi connectivity index (χ0n) is 12.6. The number of benzene rings is 1. The highest BCUT2D eigenvalue weighted by Gasteiger charge is 2.17. The van der Waals surface area contributed by atoms with Crippen LogP contribution in [0.25, 0.3) is 0 Å². The second kappa shape index (κ2) is 8.46. The maximum atomic E-state index is 12.0. The Labute approximate surface area is 131 Å². The molecule has 5 nitrogen and oxygen atoms in total. The lowest BCUT2D eigenvalue weighted by atomic mass is 10.1. The van der Waals surface area contributed by atoms with Crippen molar-refractivity contribution in [3.63, 3.8) is 0 Å². The molecule has 0 bridgehead atoms. The number of ether oxygens (including phenoxy) is 2. The normalized spacial score (nSPS) is 13.0. The number of halogens is 1. The Morgan fingerprint density at radius 3 is 2.43 bits per heavy atom. The molecule has 0 aliphatic carbocycles. The molecule has 0 heterocycles. The Bertz CT molecular complexity index is 548. The van der Waals surface area contributed by atoms with Crippen molar-refractivity contribution >= 4 is 21.6 Å². The van der Waals surface area contributed by atoms with E-state index in [0.29, 0.717) is 30.2 Å². The van der Waals surface area contributed by atoms with Gasteiger partial charge in [-0.1, -0.05) is 6.07 Å². The van der Waals surface area contributed by atoms with E-state index in [0.717, 1.165) is 5.56 Å². The molecule has 1 aromatic rings. The topological polar surface area (TPSA) is 64.6 Å². The number of unbranched alkanes of at least 4 members (excludes halogenated alkanes) is 1. The summed E-state index contributed by atoms with van der Waals surface area (Å²) >= 11 is 5.55. The van der Waals surface area contributed by atoms with Gasteiger partial charge in [-0.15, -0.1) is 11.6 Å². The molecule has 0 aliphatic heterocycles. The molecule has 0 saturated heterocycles. The van der Waals surface area contributed by atoms with Crippen molar-refractivity contribution in [1.82, 2.24) is 4.72 Å². The first kappa shape index (κ1) is 18.1. The average Bonchev–Trinajstić information content (AvgIpc) is 2.46. The zero-order valence-corrected chi connectivity index (χ0v) is 14.1. The van der Waals surface area contributed by atoms with Gasteiger partial charge in [0.05, 0.1) is 20.0 Å². The summed E-state index contributed by atoms with van der Waals surface area (Å²) < 4.78 is 36.9. The standard InChI is InChI=1S/C14H22ClNO4S/c1-11(16-21(17,18)9-5-4-8-15)12-6-7-13(19-2)14(10-12)20-3/h6-7,10-11,16H,4-5,8-9H2,1-3H3. The maximum absolute atomic E-state index is 12.0. The third-order valence-corrected chi connectivity index (χ3v) is 4.87. The van der Waals surface area contributed by atoms with E-state index >= 15 is 0 Å². The molecule has 0 saturated carbocycles. The van der Waals surface area contributed by atoms with Crippen LogP contribution in [0.5, 0.6) is 11.5 Å². The molecule has 1 unspecified atom stereocenters. The van der Waals surface area contributed by atoms with Crippen molar-refractivity contribution in [3.8, 4) is 11.5 Å². The molecule has 1 atom stereocenters. The van der Waals surface area contributed by atoms with E-state index in [4.69, 9.17) is 21.1 Å². The van der Waals surface area contributed by atoms with Gasteiger partial charge >= 0.3 is 0 Å². The molecule has 0 spiro atoms. The lowest BCUT2D eigenvalue weighted by Crippen LogP contribution is -2.29. The van der Waals surface area contributed by atoms with Crippen LogP contribution in [-0.4, -0.2) is 34.3 Å². The largest absolute Gasteiger partial charge is 0.493 e. The molecule has 120 valence electrons. The molecule has 0 amide bonds. The predicted octanol–water partition coefficient (Wildman–Crippen LogP) is 2.70. The Hall–Kier alpha value is -0.980. The van der Waals surface area contributed by atoms with E-state index in [9.17, 15) is 8.42 Å². The Morgan fingerprint density at radius 1 is 1.19 bits per heavy atom. The molecule has 1 aromatic carbocycles. The predicted molar refractivity (Wildman–Crippen MR) is 84.8 cm³/mol. The van der Waals surface area contributed by atoms with Crippen LogP contribution in [0.2, 0.25) is 0 Å². The molecule has 7 heteroatoms. The average molecular weight is 336 g/mol. The van der Waals surface area contributed by atoms with Crippen molar-refractivity contribution in [2.75, 3.05) is 25.9 Å². The second-order valence-corrected chi connectivity index (χ2v) is 6.92. The summed E-state index contributed by atoms with van der Waals surface area (Å²) in [6, 6.07) is 5.00. The lowest BCUT2D eigenvalue weighted by molar-refractivity contribution is 0.354. The summed E-state index contributed by atoms with van der Waals surface area (Å²) in [5, 5.41) is 0. The van der Waals surface area contributed by atoms with Gasteiger partial charge in [0.2, 0.25) is 10.0 Å². The first-order valence-electron chi connectivity index (χ1n) is 6.71. The van der Waals surface area contributed by atoms with Crippen LogP contribution < -0.4 is 14.2 Å². The van der Waals surface area contributed by atoms with E-state index in [1.165, 1.54) is 0 Å². The van der Waals surface area contributed by atoms with Crippen LogP contribution in [-0.2, 0) is 10.0 Å². The summed E-state index contributed by atoms with van der Waals surface area (Å²) in [4.78, 5) is 0. The van der Waals surface area contributed by atoms with Gasteiger partial charge in [-0.25, -0.2) is 13.1 Å². The number of methoxy groups -OCH3 is 2. The van der Waals surface area contributed by atoms with E-state index < -0.39 is 10.0 Å². The van der Waals surface area contributed by atoms with Crippen LogP contribution in [0.3, 0.4) is 0 Å². The van der Waals surface area contributed by atoms with Crippen molar-refractivity contribution in [2.24, 2.45) is 0 Å². The first-order valence-corrected chi connectivity index (χ1v) is 8.90. The van der Waals surface area contributed by atoms with E-state index in [-0.39, 0.29) is 11.8 Å². The van der Waals surface area contributed by atoms with Gasteiger partial charge in [0, 0.05) is 11.9 Å². The van der Waals surface area contributed by atoms with Gasteiger partial charge in [0.1, 0.15) is 0 Å². The molecular formula is C14H22ClNO4S. The molecule has 0 radical (unpaired) electrons. The van der Waals surface area contributed by atoms with Crippen molar-refractivity contribution in [3.05, 3.63) is 23.8 Å². The van der Waals surface area contributed by atoms with Gasteiger partial charge in [-0.3, -0.25) is 0 Å². The SMILES string of the molecule is COc1ccc(C(C)NS(=O)(=O)CCCCCl)cc1OC. The summed E-state index contributed by atoms with van der Waals surface area (Å²) in [6.07, 6.45) is 1.24. The second-order valence-electron chi connectivity index (χ2n) is 4.67. The van der Waals surface area contributed by atoms with Gasteiger partial charge in [-0.05, 0) is 37.5 Å². The fourth-order valence-corrected chi connectivity index (χ4v) is 3.47. The minimum Gasteiger partial charge on any atom is -0.493 e. The van der Waals surface area contributed by atoms with Crippen LogP contribution in [0.15, 0.2) is 18.2 Å². The van der Waals surface area contributed by atoms with Crippen molar-refractivity contribution in [1.29, 1.82) is 0 Å². The fraction of sp³-hybridized carbons (Fsp3) is 0.571. The quantitative estimate of drug-likeness (QED) is 0.556. The fourth-order valence-electron chi connectivity index (χ4n) is 1.91. The number of sulfonamides is 1. The Balaban J connectivity index is 2.77. The zero-order chi connectivity index (χ0) is 15.9. The molecular weight excluding hydrogens is 314 g/mol. The van der Waals surface area contributed by atoms with Crippen molar-refractivity contribution in [2.45, 2.75) is 25.8 Å². The van der Waals surface area contributed by atoms with Gasteiger partial charge in [-0.2, -0.15) is 0 Å². The summed E-state index contributed by atoms with van der Waals surface area (Å²) in [7, 11) is -0.217. The Morgan fingerprint density at radius 2 is 1.86 bits per heavy atom. The highest BCUT2D eigenvalue weighted by Crippen LogP contribution is 2.30. The smallest absolute Gasteiger partial charge is 0.212 e. The van der Waals surface area contributed by atoms with Crippen LogP contribution in [0.4, 0.5) is 0 Å². The van der Waals surface area contributed by atoms with Crippen molar-refractivity contribution < 1.29 is 17.9 Å². The lowest BCUT2D eigenvalue weighted by Gasteiger charge is -2.16. The van der Waals surface area contributed by atoms with Gasteiger partial charge in [0.15, 0.2) is 11.5 Å². The number of hydrogen-bond donors (Lipinski definition) is 1. The molecule has 0 aliphatic rings. The van der Waals surface area contributed by atoms with Gasteiger partial charge in [0.25, 0.3) is 0 Å². The van der Waals surface area contributed by atoms with E-state index in [1.807, 2.05) is 6.07 Å². The number of hydrogen-bond acceptors (Lipinski definition) is 4. The molecule has 21 heavy (non-hydrogen) atoms. The van der Waals surface area contributed by atoms with E-state index in [1.54, 1.807) is 33.3 Å². The highest BCUT2D eigenvalue weighted by atomic mass is 35.5. The molecule has 0 aromatic heterocycles. The Kier molecular flexibility index (Phi) is 7.28.